The number of hydrogen-bond donors (Lipinski definition) is 2. The molecule has 7 heteroatoms. The van der Waals surface area contributed by atoms with Crippen molar-refractivity contribution in [1.82, 2.24) is 20.4 Å². The molecular formula is C21H26IN5O. The molecule has 0 aliphatic heterocycles. The molecule has 0 saturated carbocycles. The van der Waals surface area contributed by atoms with E-state index >= 15 is 0 Å². The lowest BCUT2D eigenvalue weighted by atomic mass is 10.2. The van der Waals surface area contributed by atoms with Gasteiger partial charge in [0.15, 0.2) is 5.96 Å². The normalized spacial score (nSPS) is 10.9. The maximum absolute atomic E-state index is 6.13. The summed E-state index contributed by atoms with van der Waals surface area (Å²) in [6.45, 7) is 3.30. The van der Waals surface area contributed by atoms with Crippen LogP contribution < -0.4 is 15.4 Å². The number of hydrogen-bond acceptors (Lipinski definition) is 3. The number of guanidine groups is 1. The van der Waals surface area contributed by atoms with Gasteiger partial charge in [0.05, 0.1) is 12.2 Å². The summed E-state index contributed by atoms with van der Waals surface area (Å²) in [6, 6.07) is 18.0. The number of aliphatic imine (C=N–C) groups is 1. The Hall–Kier alpha value is -2.55. The van der Waals surface area contributed by atoms with Crippen LogP contribution in [0.1, 0.15) is 16.8 Å². The first-order chi connectivity index (χ1) is 13.2. The van der Waals surface area contributed by atoms with Crippen molar-refractivity contribution in [2.45, 2.75) is 20.0 Å². The minimum atomic E-state index is 0. The Labute approximate surface area is 183 Å². The molecular weight excluding hydrogens is 465 g/mol. The summed E-state index contributed by atoms with van der Waals surface area (Å²) >= 11 is 0. The van der Waals surface area contributed by atoms with Crippen LogP contribution in [0.5, 0.6) is 11.5 Å². The van der Waals surface area contributed by atoms with E-state index in [1.54, 1.807) is 13.2 Å². The molecule has 2 N–H and O–H groups in total. The minimum Gasteiger partial charge on any atom is -0.457 e. The average Bonchev–Trinajstić information content (AvgIpc) is 3.10. The van der Waals surface area contributed by atoms with Gasteiger partial charge in [-0.15, -0.1) is 24.0 Å². The fourth-order valence-corrected chi connectivity index (χ4v) is 2.69. The van der Waals surface area contributed by atoms with E-state index in [9.17, 15) is 0 Å². The Morgan fingerprint density at radius 2 is 1.68 bits per heavy atom. The van der Waals surface area contributed by atoms with E-state index in [0.717, 1.165) is 34.3 Å². The molecule has 0 fully saturated rings. The molecule has 0 bridgehead atoms. The van der Waals surface area contributed by atoms with Crippen molar-refractivity contribution in [2.24, 2.45) is 12.0 Å². The summed E-state index contributed by atoms with van der Waals surface area (Å²) in [7, 11) is 3.68. The predicted octanol–water partition coefficient (Wildman–Crippen LogP) is 4.00. The van der Waals surface area contributed by atoms with Crippen molar-refractivity contribution in [3.8, 4) is 11.5 Å². The topological polar surface area (TPSA) is 63.5 Å². The molecule has 1 aromatic heterocycles. The van der Waals surface area contributed by atoms with E-state index in [2.05, 4.69) is 26.8 Å². The summed E-state index contributed by atoms with van der Waals surface area (Å²) < 4.78 is 7.97. The van der Waals surface area contributed by atoms with Gasteiger partial charge >= 0.3 is 0 Å². The molecule has 0 spiro atoms. The van der Waals surface area contributed by atoms with E-state index in [0.29, 0.717) is 13.1 Å². The highest BCUT2D eigenvalue weighted by Gasteiger charge is 2.07. The largest absolute Gasteiger partial charge is 0.457 e. The summed E-state index contributed by atoms with van der Waals surface area (Å²) in [5.74, 6) is 2.42. The molecule has 0 aliphatic carbocycles. The quantitative estimate of drug-likeness (QED) is 0.311. The Balaban J connectivity index is 0.00000280. The van der Waals surface area contributed by atoms with Crippen LogP contribution in [0.4, 0.5) is 0 Å². The smallest absolute Gasteiger partial charge is 0.191 e. The molecule has 2 aromatic carbocycles. The number of halogens is 1. The third kappa shape index (κ3) is 5.72. The van der Waals surface area contributed by atoms with Gasteiger partial charge in [0.2, 0.25) is 0 Å². The van der Waals surface area contributed by atoms with Crippen LogP contribution in [0.25, 0.3) is 0 Å². The van der Waals surface area contributed by atoms with Crippen molar-refractivity contribution in [3.05, 3.63) is 77.6 Å². The first-order valence-corrected chi connectivity index (χ1v) is 8.90. The zero-order chi connectivity index (χ0) is 19.1. The van der Waals surface area contributed by atoms with Gasteiger partial charge in [-0.2, -0.15) is 5.10 Å². The maximum Gasteiger partial charge on any atom is 0.191 e. The molecule has 3 rings (SSSR count). The fraction of sp³-hybridized carbons (Fsp3) is 0.238. The van der Waals surface area contributed by atoms with Gasteiger partial charge in [0.1, 0.15) is 11.5 Å². The zero-order valence-electron chi connectivity index (χ0n) is 16.3. The minimum absolute atomic E-state index is 0. The Kier molecular flexibility index (Phi) is 8.31. The number of nitrogens with zero attached hydrogens (tertiary/aromatic N) is 3. The first-order valence-electron chi connectivity index (χ1n) is 8.90. The Bertz CT molecular complexity index is 922. The molecule has 6 nitrogen and oxygen atoms in total. The van der Waals surface area contributed by atoms with Gasteiger partial charge in [-0.25, -0.2) is 0 Å². The van der Waals surface area contributed by atoms with Crippen molar-refractivity contribution in [3.63, 3.8) is 0 Å². The molecule has 0 amide bonds. The lowest BCUT2D eigenvalue weighted by Crippen LogP contribution is -2.36. The first kappa shape index (κ1) is 21.7. The predicted molar refractivity (Wildman–Crippen MR) is 123 cm³/mol. The molecule has 3 aromatic rings. The number of nitrogens with one attached hydrogen (secondary N) is 2. The Morgan fingerprint density at radius 3 is 2.36 bits per heavy atom. The van der Waals surface area contributed by atoms with Gasteiger partial charge in [-0.3, -0.25) is 9.67 Å². The second kappa shape index (κ2) is 10.7. The molecule has 28 heavy (non-hydrogen) atoms. The van der Waals surface area contributed by atoms with E-state index in [1.165, 1.54) is 0 Å². The van der Waals surface area contributed by atoms with Crippen LogP contribution in [-0.4, -0.2) is 22.8 Å². The van der Waals surface area contributed by atoms with Crippen LogP contribution in [0, 0.1) is 6.92 Å². The molecule has 0 aliphatic rings. The van der Waals surface area contributed by atoms with Gasteiger partial charge in [0, 0.05) is 32.4 Å². The lowest BCUT2D eigenvalue weighted by molar-refractivity contribution is 0.471. The number of para-hydroxylation sites is 2. The fourth-order valence-electron chi connectivity index (χ4n) is 2.69. The van der Waals surface area contributed by atoms with Crippen molar-refractivity contribution in [1.29, 1.82) is 0 Å². The maximum atomic E-state index is 6.13. The summed E-state index contributed by atoms with van der Waals surface area (Å²) in [5, 5.41) is 10.8. The highest BCUT2D eigenvalue weighted by atomic mass is 127. The second-order valence-electron chi connectivity index (χ2n) is 6.20. The van der Waals surface area contributed by atoms with E-state index in [4.69, 9.17) is 4.74 Å². The molecule has 0 atom stereocenters. The standard InChI is InChI=1S/C21H25N5O.HI/c1-16-8-4-6-10-19(16)27-20-11-7-5-9-17(20)14-23-21(22-2)24-15-18-12-13-25-26(18)3;/h4-13H,14-15H2,1-3H3,(H2,22,23,24);1H. The zero-order valence-corrected chi connectivity index (χ0v) is 18.7. The van der Waals surface area contributed by atoms with Gasteiger partial charge < -0.3 is 15.4 Å². The average molecular weight is 491 g/mol. The summed E-state index contributed by atoms with van der Waals surface area (Å²) in [5.41, 5.74) is 3.25. The number of ether oxygens (including phenoxy) is 1. The Morgan fingerprint density at radius 1 is 1.00 bits per heavy atom. The van der Waals surface area contributed by atoms with E-state index in [1.807, 2.05) is 67.2 Å². The number of rotatable bonds is 6. The molecule has 0 radical (unpaired) electrons. The van der Waals surface area contributed by atoms with Crippen LogP contribution in [0.3, 0.4) is 0 Å². The lowest BCUT2D eigenvalue weighted by Gasteiger charge is -2.15. The van der Waals surface area contributed by atoms with Gasteiger partial charge in [0.25, 0.3) is 0 Å². The SMILES string of the molecule is CN=C(NCc1ccccc1Oc1ccccc1C)NCc1ccnn1C.I. The number of benzene rings is 2. The molecule has 1 heterocycles. The van der Waals surface area contributed by atoms with E-state index < -0.39 is 0 Å². The number of aryl methyl sites for hydroxylation is 2. The third-order valence-corrected chi connectivity index (χ3v) is 4.32. The number of aromatic nitrogens is 2. The van der Waals surface area contributed by atoms with E-state index in [-0.39, 0.29) is 24.0 Å². The van der Waals surface area contributed by atoms with Crippen LogP contribution in [-0.2, 0) is 20.1 Å². The van der Waals surface area contributed by atoms with Crippen LogP contribution in [0.2, 0.25) is 0 Å². The van der Waals surface area contributed by atoms with Gasteiger partial charge in [-0.05, 0) is 30.7 Å². The third-order valence-electron chi connectivity index (χ3n) is 4.32. The van der Waals surface area contributed by atoms with Crippen molar-refractivity contribution < 1.29 is 4.74 Å². The van der Waals surface area contributed by atoms with Gasteiger partial charge in [-0.1, -0.05) is 36.4 Å². The summed E-state index contributed by atoms with van der Waals surface area (Å²) in [6.07, 6.45) is 1.78. The monoisotopic (exact) mass is 491 g/mol. The summed E-state index contributed by atoms with van der Waals surface area (Å²) in [4.78, 5) is 4.28. The second-order valence-corrected chi connectivity index (χ2v) is 6.20. The van der Waals surface area contributed by atoms with Crippen LogP contribution in [0.15, 0.2) is 65.8 Å². The van der Waals surface area contributed by atoms with Crippen molar-refractivity contribution in [2.75, 3.05) is 7.05 Å². The van der Waals surface area contributed by atoms with Crippen molar-refractivity contribution >= 4 is 29.9 Å². The molecule has 0 unspecified atom stereocenters. The molecule has 0 saturated heterocycles. The highest BCUT2D eigenvalue weighted by Crippen LogP contribution is 2.27. The molecule has 148 valence electrons. The van der Waals surface area contributed by atoms with Crippen LogP contribution >= 0.6 is 24.0 Å². The highest BCUT2D eigenvalue weighted by molar-refractivity contribution is 14.0.